The van der Waals surface area contributed by atoms with Gasteiger partial charge in [0.25, 0.3) is 5.91 Å². The molecule has 0 aromatic heterocycles. The fraction of sp³-hybridized carbons (Fsp3) is 0.417. The summed E-state index contributed by atoms with van der Waals surface area (Å²) in [4.78, 5) is 26.9. The summed E-state index contributed by atoms with van der Waals surface area (Å²) < 4.78 is 7.25. The minimum atomic E-state index is -1.98. The van der Waals surface area contributed by atoms with Gasteiger partial charge in [0.15, 0.2) is 8.32 Å². The number of hydrogen-bond acceptors (Lipinski definition) is 3. The third-order valence-electron chi connectivity index (χ3n) is 6.50. The van der Waals surface area contributed by atoms with E-state index in [1.54, 1.807) is 6.07 Å². The van der Waals surface area contributed by atoms with Crippen molar-refractivity contribution in [3.63, 3.8) is 0 Å². The predicted molar refractivity (Wildman–Crippen MR) is 133 cm³/mol. The Labute approximate surface area is 199 Å². The zero-order chi connectivity index (χ0) is 23.0. The lowest BCUT2D eigenvalue weighted by Gasteiger charge is -2.41. The van der Waals surface area contributed by atoms with Crippen LogP contribution < -0.4 is 0 Å². The Kier molecular flexibility index (Phi) is 6.98. The average Bonchev–Trinajstić information content (AvgIpc) is 2.70. The Morgan fingerprint density at radius 3 is 2.42 bits per heavy atom. The summed E-state index contributed by atoms with van der Waals surface area (Å²) in [6.07, 6.45) is 0.728. The number of amides is 1. The number of fused-ring (bicyclic) bond motifs is 1. The van der Waals surface area contributed by atoms with Crippen LogP contribution >= 0.6 is 22.6 Å². The second-order valence-corrected chi connectivity index (χ2v) is 15.6. The molecule has 1 atom stereocenters. The second kappa shape index (κ2) is 9.03. The maximum absolute atomic E-state index is 13.6. The first-order chi connectivity index (χ1) is 14.4. The summed E-state index contributed by atoms with van der Waals surface area (Å²) >= 11 is 2.10. The van der Waals surface area contributed by atoms with Crippen molar-refractivity contribution in [2.75, 3.05) is 6.61 Å². The van der Waals surface area contributed by atoms with Gasteiger partial charge < -0.3 is 14.4 Å². The van der Waals surface area contributed by atoms with Crippen LogP contribution in [-0.2, 0) is 17.4 Å². The molecule has 1 unspecified atom stereocenters. The third kappa shape index (κ3) is 5.20. The number of carbonyl (C=O) groups is 2. The molecule has 1 amide bonds. The highest BCUT2D eigenvalue weighted by atomic mass is 127. The van der Waals surface area contributed by atoms with Gasteiger partial charge in [-0.25, -0.2) is 4.79 Å². The number of benzene rings is 2. The first-order valence-corrected chi connectivity index (χ1v) is 14.4. The lowest BCUT2D eigenvalue weighted by Crippen LogP contribution is -2.50. The van der Waals surface area contributed by atoms with Crippen LogP contribution in [0.5, 0.6) is 0 Å². The highest BCUT2D eigenvalue weighted by Gasteiger charge is 2.39. The molecule has 31 heavy (non-hydrogen) atoms. The Morgan fingerprint density at radius 1 is 1.16 bits per heavy atom. The Balaban J connectivity index is 1.94. The largest absolute Gasteiger partial charge is 0.478 e. The first-order valence-electron chi connectivity index (χ1n) is 10.5. The maximum atomic E-state index is 13.6. The second-order valence-electron chi connectivity index (χ2n) is 9.63. The molecule has 1 aliphatic heterocycles. The van der Waals surface area contributed by atoms with Gasteiger partial charge in [-0.15, -0.1) is 0 Å². The molecule has 0 saturated carbocycles. The molecule has 0 fully saturated rings. The van der Waals surface area contributed by atoms with E-state index >= 15 is 0 Å². The van der Waals surface area contributed by atoms with E-state index < -0.39 is 14.3 Å². The van der Waals surface area contributed by atoms with Crippen molar-refractivity contribution in [3.8, 4) is 0 Å². The fourth-order valence-corrected chi connectivity index (χ4v) is 5.08. The van der Waals surface area contributed by atoms with E-state index in [2.05, 4.69) is 68.6 Å². The van der Waals surface area contributed by atoms with Crippen molar-refractivity contribution in [2.45, 2.75) is 57.9 Å². The van der Waals surface area contributed by atoms with Crippen molar-refractivity contribution < 1.29 is 19.1 Å². The highest BCUT2D eigenvalue weighted by molar-refractivity contribution is 14.1. The Bertz CT molecular complexity index is 999. The standard InChI is InChI=1S/C24H30INO4Si/c1-24(2,3)31(4,5)30-15-19-12-16-8-6-7-9-18(16)14-26(19)22(27)20-13-17(23(28)29)10-11-21(20)25/h6-11,13,19H,12,14-15H2,1-5H3,(H,28,29). The zero-order valence-corrected chi connectivity index (χ0v) is 21.9. The summed E-state index contributed by atoms with van der Waals surface area (Å²) in [6.45, 7) is 12.0. The van der Waals surface area contributed by atoms with Crippen molar-refractivity contribution in [3.05, 3.63) is 68.3 Å². The molecule has 0 aliphatic carbocycles. The van der Waals surface area contributed by atoms with E-state index in [4.69, 9.17) is 4.43 Å². The van der Waals surface area contributed by atoms with E-state index in [1.807, 2.05) is 17.0 Å². The summed E-state index contributed by atoms with van der Waals surface area (Å²) in [7, 11) is -1.98. The monoisotopic (exact) mass is 551 g/mol. The number of aromatic carboxylic acids is 1. The van der Waals surface area contributed by atoms with Gasteiger partial charge in [-0.2, -0.15) is 0 Å². The van der Waals surface area contributed by atoms with E-state index in [1.165, 1.54) is 17.7 Å². The molecule has 2 aromatic carbocycles. The number of rotatable bonds is 5. The fourth-order valence-electron chi connectivity index (χ4n) is 3.47. The molecule has 0 bridgehead atoms. The van der Waals surface area contributed by atoms with Crippen LogP contribution in [0.3, 0.4) is 0 Å². The lowest BCUT2D eigenvalue weighted by molar-refractivity contribution is 0.0553. The molecular formula is C24H30INO4Si. The molecule has 0 saturated heterocycles. The van der Waals surface area contributed by atoms with Gasteiger partial charge in [0.1, 0.15) is 0 Å². The molecule has 1 N–H and O–H groups in total. The predicted octanol–water partition coefficient (Wildman–Crippen LogP) is 5.58. The molecule has 0 spiro atoms. The van der Waals surface area contributed by atoms with Gasteiger partial charge in [-0.3, -0.25) is 4.79 Å². The van der Waals surface area contributed by atoms with Gasteiger partial charge >= 0.3 is 5.97 Å². The number of hydrogen-bond donors (Lipinski definition) is 1. The molecule has 1 aliphatic rings. The first kappa shape index (κ1) is 23.9. The van der Waals surface area contributed by atoms with Crippen LogP contribution in [0.15, 0.2) is 42.5 Å². The average molecular weight is 551 g/mol. The quantitative estimate of drug-likeness (QED) is 0.390. The SMILES string of the molecule is CC(C)(C)[Si](C)(C)OCC1Cc2ccccc2CN1C(=O)c1cc(C(=O)O)ccc1I. The topological polar surface area (TPSA) is 66.8 Å². The molecule has 7 heteroatoms. The molecule has 5 nitrogen and oxygen atoms in total. The smallest absolute Gasteiger partial charge is 0.335 e. The van der Waals surface area contributed by atoms with Crippen LogP contribution in [0, 0.1) is 3.57 Å². The van der Waals surface area contributed by atoms with Gasteiger partial charge in [-0.05, 0) is 76.5 Å². The van der Waals surface area contributed by atoms with Crippen molar-refractivity contribution in [1.82, 2.24) is 4.90 Å². The number of nitrogens with zero attached hydrogens (tertiary/aromatic N) is 1. The molecule has 0 radical (unpaired) electrons. The zero-order valence-electron chi connectivity index (χ0n) is 18.7. The number of carbonyl (C=O) groups excluding carboxylic acids is 1. The Hall–Kier alpha value is -1.71. The van der Waals surface area contributed by atoms with Crippen LogP contribution in [0.25, 0.3) is 0 Å². The maximum Gasteiger partial charge on any atom is 0.335 e. The van der Waals surface area contributed by atoms with Gasteiger partial charge in [-0.1, -0.05) is 45.0 Å². The van der Waals surface area contributed by atoms with E-state index in [-0.39, 0.29) is 22.6 Å². The summed E-state index contributed by atoms with van der Waals surface area (Å²) in [5, 5.41) is 9.46. The number of carboxylic acids is 1. The number of halogens is 1. The number of carboxylic acid groups (broad SMARTS) is 1. The minimum Gasteiger partial charge on any atom is -0.478 e. The van der Waals surface area contributed by atoms with Gasteiger partial charge in [0.05, 0.1) is 23.8 Å². The molecular weight excluding hydrogens is 521 g/mol. The van der Waals surface area contributed by atoms with E-state index in [0.717, 1.165) is 15.6 Å². The Morgan fingerprint density at radius 2 is 1.81 bits per heavy atom. The van der Waals surface area contributed by atoms with Crippen LogP contribution in [-0.4, -0.2) is 42.8 Å². The van der Waals surface area contributed by atoms with Crippen molar-refractivity contribution >= 4 is 42.8 Å². The van der Waals surface area contributed by atoms with Crippen LogP contribution in [0.1, 0.15) is 52.6 Å². The van der Waals surface area contributed by atoms with Crippen LogP contribution in [0.4, 0.5) is 0 Å². The molecule has 3 rings (SSSR count). The summed E-state index contributed by atoms with van der Waals surface area (Å²) in [6, 6.07) is 12.8. The summed E-state index contributed by atoms with van der Waals surface area (Å²) in [5.41, 5.74) is 2.92. The lowest BCUT2D eigenvalue weighted by atomic mass is 9.93. The van der Waals surface area contributed by atoms with Crippen LogP contribution in [0.2, 0.25) is 18.1 Å². The molecule has 166 valence electrons. The normalized spacial score (nSPS) is 16.7. The van der Waals surface area contributed by atoms with E-state index in [9.17, 15) is 14.7 Å². The van der Waals surface area contributed by atoms with Gasteiger partial charge in [0.2, 0.25) is 0 Å². The molecule has 1 heterocycles. The van der Waals surface area contributed by atoms with Crippen molar-refractivity contribution in [2.24, 2.45) is 0 Å². The summed E-state index contributed by atoms with van der Waals surface area (Å²) in [5.74, 6) is -1.18. The van der Waals surface area contributed by atoms with Gasteiger partial charge in [0, 0.05) is 10.1 Å². The molecule has 2 aromatic rings. The minimum absolute atomic E-state index is 0.0829. The highest BCUT2D eigenvalue weighted by Crippen LogP contribution is 2.37. The third-order valence-corrected chi connectivity index (χ3v) is 11.9. The van der Waals surface area contributed by atoms with Crippen molar-refractivity contribution in [1.29, 1.82) is 0 Å². The van der Waals surface area contributed by atoms with E-state index in [0.29, 0.717) is 18.7 Å².